The highest BCUT2D eigenvalue weighted by molar-refractivity contribution is 6.04. The molecule has 3 aromatic carbocycles. The highest BCUT2D eigenvalue weighted by atomic mass is 16.7. The summed E-state index contributed by atoms with van der Waals surface area (Å²) in [5.41, 5.74) is 4.73. The van der Waals surface area contributed by atoms with E-state index in [1.165, 1.54) is 10.9 Å². The number of para-hydroxylation sites is 1. The van der Waals surface area contributed by atoms with Crippen LogP contribution in [0.15, 0.2) is 72.9 Å². The minimum absolute atomic E-state index is 0.187. The van der Waals surface area contributed by atoms with Crippen molar-refractivity contribution < 1.29 is 14.3 Å². The molecule has 0 radical (unpaired) electrons. The van der Waals surface area contributed by atoms with Gasteiger partial charge in [0, 0.05) is 40.6 Å². The molecule has 150 valence electrons. The molecule has 1 aliphatic heterocycles. The van der Waals surface area contributed by atoms with Gasteiger partial charge in [0.2, 0.25) is 6.79 Å². The number of H-pyrrole nitrogens is 1. The molecule has 0 spiro atoms. The number of rotatable bonds is 6. The summed E-state index contributed by atoms with van der Waals surface area (Å²) in [6, 6.07) is 21.2. The number of carbonyl (C=O) groups is 1. The molecule has 2 heterocycles. The van der Waals surface area contributed by atoms with Crippen molar-refractivity contribution in [1.29, 1.82) is 0 Å². The maximum absolute atomic E-state index is 12.5. The van der Waals surface area contributed by atoms with E-state index < -0.39 is 0 Å². The van der Waals surface area contributed by atoms with Gasteiger partial charge in [0.1, 0.15) is 0 Å². The Bertz CT molecular complexity index is 1200. The fourth-order valence-electron chi connectivity index (χ4n) is 3.59. The van der Waals surface area contributed by atoms with E-state index in [0.717, 1.165) is 29.9 Å². The van der Waals surface area contributed by atoms with Gasteiger partial charge in [-0.25, -0.2) is 0 Å². The van der Waals surface area contributed by atoms with Gasteiger partial charge in [0.15, 0.2) is 11.5 Å². The van der Waals surface area contributed by atoms with Crippen molar-refractivity contribution >= 4 is 28.2 Å². The average molecular weight is 399 g/mol. The molecule has 6 heteroatoms. The van der Waals surface area contributed by atoms with Crippen LogP contribution in [0.2, 0.25) is 0 Å². The zero-order chi connectivity index (χ0) is 20.3. The first-order chi connectivity index (χ1) is 14.8. The molecule has 0 saturated heterocycles. The number of amides is 1. The monoisotopic (exact) mass is 399 g/mol. The highest BCUT2D eigenvalue weighted by Crippen LogP contribution is 2.32. The maximum Gasteiger partial charge on any atom is 0.255 e. The van der Waals surface area contributed by atoms with E-state index in [0.29, 0.717) is 17.1 Å². The van der Waals surface area contributed by atoms with Gasteiger partial charge in [-0.3, -0.25) is 4.79 Å². The summed E-state index contributed by atoms with van der Waals surface area (Å²) in [6.07, 6.45) is 2.99. The number of anilines is 2. The number of aromatic nitrogens is 1. The van der Waals surface area contributed by atoms with Crippen molar-refractivity contribution in [2.75, 3.05) is 24.0 Å². The third kappa shape index (κ3) is 3.67. The molecular formula is C24H21N3O3. The zero-order valence-corrected chi connectivity index (χ0v) is 16.3. The van der Waals surface area contributed by atoms with E-state index in [1.807, 2.05) is 30.3 Å². The number of ether oxygens (including phenoxy) is 2. The molecule has 0 saturated carbocycles. The van der Waals surface area contributed by atoms with Crippen LogP contribution in [0.4, 0.5) is 11.4 Å². The van der Waals surface area contributed by atoms with E-state index in [-0.39, 0.29) is 12.7 Å². The van der Waals surface area contributed by atoms with Crippen LogP contribution < -0.4 is 20.1 Å². The summed E-state index contributed by atoms with van der Waals surface area (Å²) in [7, 11) is 0. The Morgan fingerprint density at radius 2 is 1.73 bits per heavy atom. The van der Waals surface area contributed by atoms with E-state index >= 15 is 0 Å². The first-order valence-corrected chi connectivity index (χ1v) is 9.86. The number of fused-ring (bicyclic) bond motifs is 2. The van der Waals surface area contributed by atoms with E-state index in [4.69, 9.17) is 9.47 Å². The lowest BCUT2D eigenvalue weighted by Crippen LogP contribution is -2.12. The molecule has 0 fully saturated rings. The molecular weight excluding hydrogens is 378 g/mol. The molecule has 3 N–H and O–H groups in total. The summed E-state index contributed by atoms with van der Waals surface area (Å²) >= 11 is 0. The predicted molar refractivity (Wildman–Crippen MR) is 117 cm³/mol. The lowest BCUT2D eigenvalue weighted by atomic mass is 10.1. The van der Waals surface area contributed by atoms with Crippen molar-refractivity contribution in [3.63, 3.8) is 0 Å². The maximum atomic E-state index is 12.5. The Balaban J connectivity index is 1.17. The van der Waals surface area contributed by atoms with Crippen LogP contribution in [0.5, 0.6) is 11.5 Å². The Labute approximate surface area is 173 Å². The van der Waals surface area contributed by atoms with Crippen LogP contribution in [-0.4, -0.2) is 24.2 Å². The fraction of sp³-hybridized carbons (Fsp3) is 0.125. The third-order valence-electron chi connectivity index (χ3n) is 5.18. The second kappa shape index (κ2) is 7.83. The van der Waals surface area contributed by atoms with Gasteiger partial charge in [-0.05, 0) is 60.5 Å². The Morgan fingerprint density at radius 3 is 2.63 bits per heavy atom. The standard InChI is InChI=1S/C24H21N3O3/c28-24(16-5-10-22-23(13-16)30-15-29-22)27-19-8-6-18(7-9-19)25-12-11-17-14-26-21-4-2-1-3-20(17)21/h1-10,13-14,25-26H,11-12,15H2,(H,27,28). The van der Waals surface area contributed by atoms with Crippen molar-refractivity contribution in [2.45, 2.75) is 6.42 Å². The van der Waals surface area contributed by atoms with Gasteiger partial charge in [-0.2, -0.15) is 0 Å². The number of aromatic amines is 1. The summed E-state index contributed by atoms with van der Waals surface area (Å²) in [5.74, 6) is 1.07. The van der Waals surface area contributed by atoms with Crippen LogP contribution in [0, 0.1) is 0 Å². The van der Waals surface area contributed by atoms with Crippen LogP contribution >= 0.6 is 0 Å². The van der Waals surface area contributed by atoms with Crippen molar-refractivity contribution in [2.24, 2.45) is 0 Å². The minimum atomic E-state index is -0.187. The number of hydrogen-bond donors (Lipinski definition) is 3. The Morgan fingerprint density at radius 1 is 0.933 bits per heavy atom. The molecule has 0 aliphatic carbocycles. The molecule has 6 nitrogen and oxygen atoms in total. The first-order valence-electron chi connectivity index (χ1n) is 9.86. The molecule has 0 atom stereocenters. The number of nitrogens with one attached hydrogen (secondary N) is 3. The second-order valence-electron chi connectivity index (χ2n) is 7.14. The van der Waals surface area contributed by atoms with Crippen LogP contribution in [-0.2, 0) is 6.42 Å². The largest absolute Gasteiger partial charge is 0.454 e. The first kappa shape index (κ1) is 18.1. The molecule has 0 unspecified atom stereocenters. The summed E-state index contributed by atoms with van der Waals surface area (Å²) in [5, 5.41) is 7.60. The van der Waals surface area contributed by atoms with Gasteiger partial charge in [0.25, 0.3) is 5.91 Å². The van der Waals surface area contributed by atoms with E-state index in [9.17, 15) is 4.79 Å². The van der Waals surface area contributed by atoms with E-state index in [2.05, 4.69) is 40.0 Å². The second-order valence-corrected chi connectivity index (χ2v) is 7.14. The normalized spacial score (nSPS) is 12.1. The molecule has 30 heavy (non-hydrogen) atoms. The predicted octanol–water partition coefficient (Wildman–Crippen LogP) is 4.80. The molecule has 5 rings (SSSR count). The van der Waals surface area contributed by atoms with Crippen LogP contribution in [0.3, 0.4) is 0 Å². The van der Waals surface area contributed by atoms with Gasteiger partial charge in [-0.1, -0.05) is 18.2 Å². The van der Waals surface area contributed by atoms with Crippen molar-refractivity contribution in [3.05, 3.63) is 84.1 Å². The minimum Gasteiger partial charge on any atom is -0.454 e. The highest BCUT2D eigenvalue weighted by Gasteiger charge is 2.16. The lowest BCUT2D eigenvalue weighted by Gasteiger charge is -2.09. The van der Waals surface area contributed by atoms with Crippen molar-refractivity contribution in [3.8, 4) is 11.5 Å². The fourth-order valence-corrected chi connectivity index (χ4v) is 3.59. The van der Waals surface area contributed by atoms with Gasteiger partial charge < -0.3 is 25.1 Å². The zero-order valence-electron chi connectivity index (χ0n) is 16.3. The lowest BCUT2D eigenvalue weighted by molar-refractivity contribution is 0.102. The third-order valence-corrected chi connectivity index (χ3v) is 5.18. The number of hydrogen-bond acceptors (Lipinski definition) is 4. The molecule has 1 aromatic heterocycles. The molecule has 1 aliphatic rings. The summed E-state index contributed by atoms with van der Waals surface area (Å²) < 4.78 is 10.6. The molecule has 4 aromatic rings. The quantitative estimate of drug-likeness (QED) is 0.435. The van der Waals surface area contributed by atoms with E-state index in [1.54, 1.807) is 18.2 Å². The topological polar surface area (TPSA) is 75.4 Å². The van der Waals surface area contributed by atoms with Crippen LogP contribution in [0.1, 0.15) is 15.9 Å². The molecule has 0 bridgehead atoms. The Kier molecular flexibility index (Phi) is 4.73. The summed E-state index contributed by atoms with van der Waals surface area (Å²) in [4.78, 5) is 15.8. The van der Waals surface area contributed by atoms with Gasteiger partial charge in [-0.15, -0.1) is 0 Å². The Hall–Kier alpha value is -3.93. The SMILES string of the molecule is O=C(Nc1ccc(NCCc2c[nH]c3ccccc23)cc1)c1ccc2c(c1)OCO2. The number of benzene rings is 3. The van der Waals surface area contributed by atoms with Crippen molar-refractivity contribution in [1.82, 2.24) is 4.98 Å². The van der Waals surface area contributed by atoms with Gasteiger partial charge in [0.05, 0.1) is 0 Å². The van der Waals surface area contributed by atoms with Crippen LogP contribution in [0.25, 0.3) is 10.9 Å². The summed E-state index contributed by atoms with van der Waals surface area (Å²) in [6.45, 7) is 1.01. The smallest absolute Gasteiger partial charge is 0.255 e. The van der Waals surface area contributed by atoms with Gasteiger partial charge >= 0.3 is 0 Å². The number of carbonyl (C=O) groups excluding carboxylic acids is 1. The molecule has 1 amide bonds. The average Bonchev–Trinajstić information content (AvgIpc) is 3.41.